The maximum Gasteiger partial charge on any atom is 0.100 e. The van der Waals surface area contributed by atoms with Gasteiger partial charge in [0.15, 0.2) is 0 Å². The summed E-state index contributed by atoms with van der Waals surface area (Å²) in [5, 5.41) is 0. The van der Waals surface area contributed by atoms with Crippen molar-refractivity contribution in [3.63, 3.8) is 0 Å². The molecule has 0 heterocycles. The van der Waals surface area contributed by atoms with E-state index < -0.39 is 0 Å². The van der Waals surface area contributed by atoms with Gasteiger partial charge in [0.05, 0.1) is 5.76 Å². The molecule has 0 aliphatic heterocycles. The Labute approximate surface area is 75.8 Å². The van der Waals surface area contributed by atoms with E-state index in [1.165, 1.54) is 25.0 Å². The number of ether oxygens (including phenoxy) is 1. The molecule has 0 aromatic carbocycles. The Bertz CT molecular complexity index is 174. The molecule has 0 aromatic rings. The van der Waals surface area contributed by atoms with Crippen molar-refractivity contribution in [3.05, 3.63) is 11.8 Å². The lowest BCUT2D eigenvalue weighted by atomic mass is 9.95. The van der Waals surface area contributed by atoms with Crippen molar-refractivity contribution in [2.24, 2.45) is 5.92 Å². The Morgan fingerprint density at radius 2 is 2.08 bits per heavy atom. The first-order valence-electron chi connectivity index (χ1n) is 4.88. The molecule has 0 aromatic heterocycles. The zero-order valence-electron chi connectivity index (χ0n) is 8.68. The third kappa shape index (κ3) is 2.88. The Morgan fingerprint density at radius 1 is 1.42 bits per heavy atom. The van der Waals surface area contributed by atoms with E-state index in [0.717, 1.165) is 0 Å². The molecule has 0 saturated heterocycles. The average molecular weight is 168 g/mol. The predicted octanol–water partition coefficient (Wildman–Crippen LogP) is 3.51. The van der Waals surface area contributed by atoms with E-state index in [4.69, 9.17) is 4.74 Å². The number of hydrogen-bond donors (Lipinski definition) is 0. The monoisotopic (exact) mass is 168 g/mol. The largest absolute Gasteiger partial charge is 0.493 e. The Morgan fingerprint density at radius 3 is 2.58 bits per heavy atom. The number of rotatable bonds is 1. The van der Waals surface area contributed by atoms with Gasteiger partial charge >= 0.3 is 0 Å². The summed E-state index contributed by atoms with van der Waals surface area (Å²) in [6.45, 7) is 8.57. The smallest absolute Gasteiger partial charge is 0.100 e. The van der Waals surface area contributed by atoms with Crippen LogP contribution < -0.4 is 0 Å². The van der Waals surface area contributed by atoms with Crippen molar-refractivity contribution in [3.8, 4) is 0 Å². The van der Waals surface area contributed by atoms with Gasteiger partial charge in [-0.3, -0.25) is 0 Å². The van der Waals surface area contributed by atoms with Crippen LogP contribution >= 0.6 is 0 Å². The molecule has 0 bridgehead atoms. The molecule has 1 unspecified atom stereocenters. The lowest BCUT2D eigenvalue weighted by Gasteiger charge is -2.29. The van der Waals surface area contributed by atoms with E-state index in [2.05, 4.69) is 33.8 Å². The van der Waals surface area contributed by atoms with E-state index in [9.17, 15) is 0 Å². The maximum absolute atomic E-state index is 5.85. The van der Waals surface area contributed by atoms with Gasteiger partial charge in [0.25, 0.3) is 0 Å². The van der Waals surface area contributed by atoms with Crippen molar-refractivity contribution in [1.82, 2.24) is 0 Å². The first-order chi connectivity index (χ1) is 5.49. The molecule has 0 saturated carbocycles. The van der Waals surface area contributed by atoms with Crippen molar-refractivity contribution in [2.45, 2.75) is 52.6 Å². The molecule has 0 spiro atoms. The summed E-state index contributed by atoms with van der Waals surface area (Å²) in [5.74, 6) is 1.83. The second-order valence-electron chi connectivity index (χ2n) is 4.65. The van der Waals surface area contributed by atoms with Gasteiger partial charge in [-0.25, -0.2) is 0 Å². The Kier molecular flexibility index (Phi) is 2.81. The third-order valence-electron chi connectivity index (χ3n) is 2.10. The first kappa shape index (κ1) is 9.63. The highest BCUT2D eigenvalue weighted by Crippen LogP contribution is 2.28. The summed E-state index contributed by atoms with van der Waals surface area (Å²) >= 11 is 0. The van der Waals surface area contributed by atoms with Crippen LogP contribution in [0.2, 0.25) is 0 Å². The highest BCUT2D eigenvalue weighted by atomic mass is 16.5. The molecule has 0 fully saturated rings. The standard InChI is InChI=1S/C11H20O/c1-9-7-5-6-8-10(9)12-11(2,3)4/h8-9H,5-7H2,1-4H3. The van der Waals surface area contributed by atoms with E-state index in [1.54, 1.807) is 0 Å². The molecule has 1 heteroatoms. The normalized spacial score (nSPS) is 25.0. The lowest BCUT2D eigenvalue weighted by Crippen LogP contribution is -2.22. The van der Waals surface area contributed by atoms with Crippen molar-refractivity contribution in [2.75, 3.05) is 0 Å². The van der Waals surface area contributed by atoms with Crippen LogP contribution in [0.3, 0.4) is 0 Å². The highest BCUT2D eigenvalue weighted by Gasteiger charge is 2.19. The summed E-state index contributed by atoms with van der Waals surface area (Å²) < 4.78 is 5.85. The highest BCUT2D eigenvalue weighted by molar-refractivity contribution is 5.02. The average Bonchev–Trinajstić information content (AvgIpc) is 1.91. The van der Waals surface area contributed by atoms with Gasteiger partial charge in [-0.05, 0) is 46.1 Å². The fraction of sp³-hybridized carbons (Fsp3) is 0.818. The fourth-order valence-corrected chi connectivity index (χ4v) is 1.51. The topological polar surface area (TPSA) is 9.23 Å². The predicted molar refractivity (Wildman–Crippen MR) is 51.9 cm³/mol. The minimum absolute atomic E-state index is 0.0303. The van der Waals surface area contributed by atoms with Crippen LogP contribution in [-0.2, 0) is 4.74 Å². The summed E-state index contributed by atoms with van der Waals surface area (Å²) in [5.41, 5.74) is -0.0303. The number of hydrogen-bond acceptors (Lipinski definition) is 1. The molecule has 70 valence electrons. The van der Waals surface area contributed by atoms with E-state index in [1.807, 2.05) is 0 Å². The van der Waals surface area contributed by atoms with Crippen LogP contribution in [0.15, 0.2) is 11.8 Å². The fourth-order valence-electron chi connectivity index (χ4n) is 1.51. The summed E-state index contributed by atoms with van der Waals surface area (Å²) in [6, 6.07) is 0. The van der Waals surface area contributed by atoms with Gasteiger partial charge in [-0.15, -0.1) is 0 Å². The van der Waals surface area contributed by atoms with Gasteiger partial charge in [0, 0.05) is 5.92 Å². The summed E-state index contributed by atoms with van der Waals surface area (Å²) in [7, 11) is 0. The summed E-state index contributed by atoms with van der Waals surface area (Å²) in [6.07, 6.45) is 6.04. The minimum Gasteiger partial charge on any atom is -0.493 e. The first-order valence-corrected chi connectivity index (χ1v) is 4.88. The quantitative estimate of drug-likeness (QED) is 0.582. The van der Waals surface area contributed by atoms with Crippen molar-refractivity contribution >= 4 is 0 Å². The lowest BCUT2D eigenvalue weighted by molar-refractivity contribution is 0.0315. The molecule has 1 rings (SSSR count). The van der Waals surface area contributed by atoms with Crippen LogP contribution in [0.4, 0.5) is 0 Å². The molecule has 0 amide bonds. The van der Waals surface area contributed by atoms with Gasteiger partial charge in [0.2, 0.25) is 0 Å². The van der Waals surface area contributed by atoms with E-state index >= 15 is 0 Å². The molecule has 0 radical (unpaired) electrons. The van der Waals surface area contributed by atoms with Crippen LogP contribution in [0.1, 0.15) is 47.0 Å². The molecule has 1 atom stereocenters. The van der Waals surface area contributed by atoms with E-state index in [-0.39, 0.29) is 5.60 Å². The molecule has 1 nitrogen and oxygen atoms in total. The minimum atomic E-state index is -0.0303. The van der Waals surface area contributed by atoms with Gasteiger partial charge in [0.1, 0.15) is 5.60 Å². The maximum atomic E-state index is 5.85. The second kappa shape index (κ2) is 3.51. The van der Waals surface area contributed by atoms with Gasteiger partial charge in [-0.1, -0.05) is 6.92 Å². The zero-order chi connectivity index (χ0) is 9.19. The Hall–Kier alpha value is -0.460. The van der Waals surface area contributed by atoms with Crippen LogP contribution in [0.25, 0.3) is 0 Å². The molecule has 12 heavy (non-hydrogen) atoms. The second-order valence-corrected chi connectivity index (χ2v) is 4.65. The van der Waals surface area contributed by atoms with Gasteiger partial charge in [-0.2, -0.15) is 0 Å². The molecule has 0 N–H and O–H groups in total. The van der Waals surface area contributed by atoms with Crippen LogP contribution in [0.5, 0.6) is 0 Å². The van der Waals surface area contributed by atoms with E-state index in [0.29, 0.717) is 5.92 Å². The summed E-state index contributed by atoms with van der Waals surface area (Å²) in [4.78, 5) is 0. The SMILES string of the molecule is CC1CCCC=C1OC(C)(C)C. The van der Waals surface area contributed by atoms with Gasteiger partial charge < -0.3 is 4.74 Å². The van der Waals surface area contributed by atoms with Crippen molar-refractivity contribution < 1.29 is 4.74 Å². The molecular weight excluding hydrogens is 148 g/mol. The number of allylic oxidation sites excluding steroid dienone is 2. The molecule has 1 aliphatic carbocycles. The molecular formula is C11H20O. The third-order valence-corrected chi connectivity index (χ3v) is 2.10. The van der Waals surface area contributed by atoms with Crippen LogP contribution in [0, 0.1) is 5.92 Å². The zero-order valence-corrected chi connectivity index (χ0v) is 8.68. The van der Waals surface area contributed by atoms with Crippen molar-refractivity contribution in [1.29, 1.82) is 0 Å². The van der Waals surface area contributed by atoms with Crippen LogP contribution in [-0.4, -0.2) is 5.60 Å². The molecule has 1 aliphatic rings. The Balaban J connectivity index is 2.55.